The Labute approximate surface area is 564 Å². The third-order valence-electron chi connectivity index (χ3n) is 16.0. The van der Waals surface area contributed by atoms with E-state index < -0.39 is 29.2 Å². The fourth-order valence-corrected chi connectivity index (χ4v) is 11.5. The minimum absolute atomic E-state index is 0. The van der Waals surface area contributed by atoms with Gasteiger partial charge in [-0.1, -0.05) is 82.8 Å². The maximum atomic E-state index is 12.9. The second-order valence-corrected chi connectivity index (χ2v) is 24.8. The van der Waals surface area contributed by atoms with Crippen molar-refractivity contribution in [2.45, 2.75) is 111 Å². The number of pyridine rings is 3. The van der Waals surface area contributed by atoms with Gasteiger partial charge in [0.25, 0.3) is 17.7 Å². The van der Waals surface area contributed by atoms with Crippen LogP contribution in [0.3, 0.4) is 0 Å². The van der Waals surface area contributed by atoms with Crippen molar-refractivity contribution in [3.63, 3.8) is 0 Å². The molecule has 0 spiro atoms. The van der Waals surface area contributed by atoms with Gasteiger partial charge in [-0.25, -0.2) is 9.59 Å². The molecule has 3 aliphatic carbocycles. The first-order valence-electron chi connectivity index (χ1n) is 30.5. The Kier molecular flexibility index (Phi) is 26.1. The minimum Gasteiger partial charge on any atom is -0.457 e. The lowest BCUT2D eigenvalue weighted by atomic mass is 9.86. The number of hydrogen-bond donors (Lipinski definition) is 9. The molecule has 0 radical (unpaired) electrons. The van der Waals surface area contributed by atoms with Gasteiger partial charge in [0, 0.05) is 92.4 Å². The number of amides is 5. The molecule has 0 bridgehead atoms. The molecule has 95 heavy (non-hydrogen) atoms. The van der Waals surface area contributed by atoms with Crippen LogP contribution in [0.25, 0.3) is 32.7 Å². The molecular formula is C72H78Cl3N9O11. The molecule has 3 unspecified atom stereocenters. The Bertz CT molecular complexity index is 4450. The molecular weight excluding hydrogens is 1270 g/mol. The number of carbonyl (C=O) groups excluding carboxylic acids is 6. The fraction of sp³-hybridized carbons (Fsp3) is 0.292. The highest BCUT2D eigenvalue weighted by molar-refractivity contribution is 6.61. The number of benzene rings is 6. The van der Waals surface area contributed by atoms with E-state index in [4.69, 9.17) is 33.7 Å². The number of alkyl halides is 2. The largest absolute Gasteiger partial charge is 0.457 e. The van der Waals surface area contributed by atoms with Gasteiger partial charge < -0.3 is 56.7 Å². The highest BCUT2D eigenvalue weighted by Gasteiger charge is 2.27. The van der Waals surface area contributed by atoms with Crippen LogP contribution < -0.4 is 48.6 Å². The van der Waals surface area contributed by atoms with Crippen LogP contribution in [-0.4, -0.2) is 69.7 Å². The zero-order valence-corrected chi connectivity index (χ0v) is 54.8. The normalized spacial score (nSPS) is 14.9. The smallest absolute Gasteiger partial charge is 0.407 e. The number of hydrogen-bond acceptors (Lipinski definition) is 12. The summed E-state index contributed by atoms with van der Waals surface area (Å²) < 4.78 is 8.59. The Morgan fingerprint density at radius 2 is 0.853 bits per heavy atom. The lowest BCUT2D eigenvalue weighted by Gasteiger charge is -2.28. The summed E-state index contributed by atoms with van der Waals surface area (Å²) in [4.78, 5) is 119. The standard InChI is InChI=1S/C26H29N3O3.C22H21N3O4.C20H19N3O2.C2H3ClO2.CH2Cl2.CH4/c1-26(2,3)14-23(30)29-22-10-6-7-16-11-12-17(13-19(16)22)28-25(32)20-15-27-21-9-5-4-8-18(21)24(20)31;1-29-22(28)25-19-8-4-5-13-9-10-14(11-16(13)19)24-21(27)17-12-23-18-7-3-2-6-15(18)20(17)26;21-17-6-3-4-12-8-9-13(10-15(12)17)23-20(25)16-11-22-18-7-2-1-5-14(18)19(16)24;1-5-2(3)4;2-1-3;/h4-5,8-9,11-13,15,22H,6-7,10,14H2,1-3H3,(H,27,31)(H,28,32)(H,29,30);2-3,6-7,9-12,19H,4-5,8H2,1H3,(H,23,26)(H,24,27)(H,25,28);1-2,5,7-11,17H,3-4,6,21H2,(H,22,24)(H,23,25);1H3;1H2;1H4. The first kappa shape index (κ1) is 72.8. The molecule has 3 aliphatic rings. The summed E-state index contributed by atoms with van der Waals surface area (Å²) in [5.41, 5.74) is 15.2. The van der Waals surface area contributed by atoms with Gasteiger partial charge in [0.05, 0.1) is 31.6 Å². The van der Waals surface area contributed by atoms with E-state index in [0.717, 1.165) is 80.0 Å². The minimum atomic E-state index is -0.773. The van der Waals surface area contributed by atoms with Crippen LogP contribution in [0.1, 0.15) is 156 Å². The molecule has 0 saturated heterocycles. The van der Waals surface area contributed by atoms with Crippen LogP contribution in [0.4, 0.5) is 26.7 Å². The predicted octanol–water partition coefficient (Wildman–Crippen LogP) is 14.4. The molecule has 498 valence electrons. The van der Waals surface area contributed by atoms with Crippen LogP contribution in [0.15, 0.2) is 160 Å². The summed E-state index contributed by atoms with van der Waals surface area (Å²) in [5, 5.41) is 16.1. The molecule has 12 rings (SSSR count). The van der Waals surface area contributed by atoms with Gasteiger partial charge in [-0.05, 0) is 169 Å². The van der Waals surface area contributed by atoms with E-state index in [0.29, 0.717) is 56.2 Å². The summed E-state index contributed by atoms with van der Waals surface area (Å²) in [7, 11) is 2.55. The van der Waals surface area contributed by atoms with E-state index in [2.05, 4.69) is 57.9 Å². The zero-order chi connectivity index (χ0) is 67.6. The average Bonchev–Trinajstić information content (AvgIpc) is 0.864. The summed E-state index contributed by atoms with van der Waals surface area (Å²) in [6.07, 6.45) is 12.9. The van der Waals surface area contributed by atoms with Gasteiger partial charge in [0.1, 0.15) is 16.7 Å². The van der Waals surface area contributed by atoms with Gasteiger partial charge >= 0.3 is 11.5 Å². The SMILES string of the molecule is C.CC(C)(C)CC(=O)NC1CCCc2ccc(NC(=O)c3c[nH]c4ccccc4c3=O)cc21.COC(=O)Cl.COC(=O)NC1CCCc2ccc(NC(=O)c3c[nH]c4ccccc4c3=O)cc21.ClCCl.NC1CCCc2ccc(NC(=O)c3c[nH]c4ccccc4c3=O)cc21. The molecule has 23 heteroatoms. The van der Waals surface area contributed by atoms with E-state index in [1.54, 1.807) is 48.5 Å². The number of carbonyl (C=O) groups is 6. The van der Waals surface area contributed by atoms with E-state index in [1.807, 2.05) is 99.6 Å². The summed E-state index contributed by atoms with van der Waals surface area (Å²) in [6, 6.07) is 38.2. The van der Waals surface area contributed by atoms with Crippen molar-refractivity contribution in [3.8, 4) is 0 Å². The van der Waals surface area contributed by atoms with Crippen molar-refractivity contribution in [1.29, 1.82) is 0 Å². The zero-order valence-electron chi connectivity index (χ0n) is 52.6. The third kappa shape index (κ3) is 19.3. The summed E-state index contributed by atoms with van der Waals surface area (Å²) in [5.74, 6) is -1.32. The molecule has 0 aliphatic heterocycles. The molecule has 20 nitrogen and oxygen atoms in total. The molecule has 0 saturated carbocycles. The van der Waals surface area contributed by atoms with Crippen LogP contribution in [0.5, 0.6) is 0 Å². The second-order valence-electron chi connectivity index (χ2n) is 23.7. The maximum absolute atomic E-state index is 12.9. The molecule has 6 aromatic carbocycles. The molecule has 9 aromatic rings. The highest BCUT2D eigenvalue weighted by atomic mass is 35.5. The molecule has 3 atom stereocenters. The van der Waals surface area contributed by atoms with Crippen molar-refractivity contribution in [3.05, 3.63) is 227 Å². The Hall–Kier alpha value is -9.60. The van der Waals surface area contributed by atoms with Crippen molar-refractivity contribution in [2.24, 2.45) is 11.1 Å². The Morgan fingerprint density at radius 1 is 0.516 bits per heavy atom. The van der Waals surface area contributed by atoms with Crippen LogP contribution in [0, 0.1) is 5.41 Å². The van der Waals surface area contributed by atoms with Gasteiger partial charge in [-0.15, -0.1) is 23.2 Å². The number of ether oxygens (including phenoxy) is 2. The topological polar surface area (TPSA) is 306 Å². The number of anilines is 3. The molecule has 3 aromatic heterocycles. The predicted molar refractivity (Wildman–Crippen MR) is 377 cm³/mol. The number of fused-ring (bicyclic) bond motifs is 6. The number of aromatic nitrogens is 3. The number of nitrogens with one attached hydrogen (secondary N) is 8. The van der Waals surface area contributed by atoms with Crippen molar-refractivity contribution in [2.75, 3.05) is 35.5 Å². The lowest BCUT2D eigenvalue weighted by molar-refractivity contribution is -0.123. The Balaban J connectivity index is 0.000000190. The third-order valence-corrected chi connectivity index (χ3v) is 16.1. The number of nitrogens with two attached hydrogens (primary N) is 1. The van der Waals surface area contributed by atoms with Gasteiger partial charge in [-0.3, -0.25) is 33.6 Å². The number of aromatic amines is 3. The quantitative estimate of drug-likeness (QED) is 0.0481. The van der Waals surface area contributed by atoms with E-state index >= 15 is 0 Å². The number of alkyl carbamates (subject to hydrolysis) is 1. The number of aryl methyl sites for hydroxylation is 3. The molecule has 3 heterocycles. The van der Waals surface area contributed by atoms with E-state index in [9.17, 15) is 43.2 Å². The number of halogens is 3. The van der Waals surface area contributed by atoms with E-state index in [-0.39, 0.29) is 75.2 Å². The van der Waals surface area contributed by atoms with Crippen molar-refractivity contribution in [1.82, 2.24) is 25.6 Å². The van der Waals surface area contributed by atoms with Crippen LogP contribution in [0.2, 0.25) is 0 Å². The lowest BCUT2D eigenvalue weighted by Crippen LogP contribution is -2.33. The average molecular weight is 1350 g/mol. The molecule has 10 N–H and O–H groups in total. The number of H-pyrrole nitrogens is 3. The first-order chi connectivity index (χ1) is 45.1. The molecule has 5 amide bonds. The van der Waals surface area contributed by atoms with Crippen molar-refractivity contribution >= 4 is 120 Å². The molecule has 0 fully saturated rings. The fourth-order valence-electron chi connectivity index (χ4n) is 11.5. The highest BCUT2D eigenvalue weighted by Crippen LogP contribution is 2.35. The Morgan fingerprint density at radius 3 is 1.21 bits per heavy atom. The second kappa shape index (κ2) is 34.0. The van der Waals surface area contributed by atoms with Gasteiger partial charge in [0.2, 0.25) is 22.2 Å². The van der Waals surface area contributed by atoms with Crippen LogP contribution in [-0.2, 0) is 33.5 Å². The maximum Gasteiger partial charge on any atom is 0.407 e. The monoisotopic (exact) mass is 1350 g/mol. The van der Waals surface area contributed by atoms with Crippen molar-refractivity contribution < 1.29 is 38.2 Å². The van der Waals surface area contributed by atoms with Gasteiger partial charge in [-0.2, -0.15) is 0 Å². The van der Waals surface area contributed by atoms with E-state index in [1.165, 1.54) is 43.9 Å². The van der Waals surface area contributed by atoms with Crippen LogP contribution >= 0.6 is 34.8 Å². The summed E-state index contributed by atoms with van der Waals surface area (Å²) in [6.45, 7) is 6.14. The number of methoxy groups -OCH3 is 2. The first-order valence-corrected chi connectivity index (χ1v) is 31.9. The number of para-hydroxylation sites is 3. The number of rotatable bonds is 9. The van der Waals surface area contributed by atoms with Gasteiger partial charge in [0.15, 0.2) is 0 Å². The summed E-state index contributed by atoms with van der Waals surface area (Å²) >= 11 is 14.1.